The molecule has 4 rings (SSSR count). The molecule has 146 valence electrons. The molecule has 0 saturated carbocycles. The Labute approximate surface area is 174 Å². The first-order chi connectivity index (χ1) is 14.1. The van der Waals surface area contributed by atoms with Crippen molar-refractivity contribution < 1.29 is 9.59 Å². The Bertz CT molecular complexity index is 1040. The number of aryl methyl sites for hydroxylation is 1. The summed E-state index contributed by atoms with van der Waals surface area (Å²) in [6.07, 6.45) is 1.74. The van der Waals surface area contributed by atoms with E-state index in [1.54, 1.807) is 24.3 Å². The molecule has 0 atom stereocenters. The molecule has 0 aliphatic carbocycles. The SMILES string of the molecule is O=C(Nc1ccc(Cl)cc1)Nc1ccc2c(c1)CCCN2C(=O)c1ccccc1. The van der Waals surface area contributed by atoms with Crippen molar-refractivity contribution in [3.63, 3.8) is 0 Å². The number of carbonyl (C=O) groups excluding carboxylic acids is 2. The van der Waals surface area contributed by atoms with Gasteiger partial charge in [-0.2, -0.15) is 0 Å². The smallest absolute Gasteiger partial charge is 0.308 e. The van der Waals surface area contributed by atoms with Gasteiger partial charge in [-0.05, 0) is 73.0 Å². The third-order valence-electron chi connectivity index (χ3n) is 4.82. The number of rotatable bonds is 3. The first-order valence-corrected chi connectivity index (χ1v) is 9.81. The van der Waals surface area contributed by atoms with Gasteiger partial charge in [0.25, 0.3) is 5.91 Å². The van der Waals surface area contributed by atoms with Gasteiger partial charge in [0.1, 0.15) is 0 Å². The monoisotopic (exact) mass is 405 g/mol. The Morgan fingerprint density at radius 2 is 1.55 bits per heavy atom. The Balaban J connectivity index is 1.48. The second-order valence-electron chi connectivity index (χ2n) is 6.86. The average Bonchev–Trinajstić information content (AvgIpc) is 2.75. The van der Waals surface area contributed by atoms with E-state index in [-0.39, 0.29) is 11.9 Å². The number of benzene rings is 3. The van der Waals surface area contributed by atoms with Crippen molar-refractivity contribution in [3.8, 4) is 0 Å². The highest BCUT2D eigenvalue weighted by atomic mass is 35.5. The minimum Gasteiger partial charge on any atom is -0.308 e. The molecule has 0 unspecified atom stereocenters. The summed E-state index contributed by atoms with van der Waals surface area (Å²) in [5.41, 5.74) is 3.96. The molecule has 0 spiro atoms. The molecule has 0 radical (unpaired) electrons. The van der Waals surface area contributed by atoms with Crippen LogP contribution >= 0.6 is 11.6 Å². The van der Waals surface area contributed by atoms with E-state index in [2.05, 4.69) is 10.6 Å². The Morgan fingerprint density at radius 3 is 2.31 bits per heavy atom. The van der Waals surface area contributed by atoms with Crippen LogP contribution in [0.1, 0.15) is 22.3 Å². The lowest BCUT2D eigenvalue weighted by Gasteiger charge is -2.30. The standard InChI is InChI=1S/C23H20ClN3O2/c24-18-8-10-19(11-9-18)25-23(29)26-20-12-13-21-17(15-20)7-4-14-27(21)22(28)16-5-2-1-3-6-16/h1-3,5-6,8-13,15H,4,7,14H2,(H2,25,26,29). The Kier molecular flexibility index (Phi) is 5.49. The summed E-state index contributed by atoms with van der Waals surface area (Å²) in [6, 6.07) is 21.5. The van der Waals surface area contributed by atoms with Crippen LogP contribution in [0.15, 0.2) is 72.8 Å². The van der Waals surface area contributed by atoms with Gasteiger partial charge in [0.15, 0.2) is 0 Å². The van der Waals surface area contributed by atoms with Crippen LogP contribution in [0.4, 0.5) is 21.9 Å². The molecule has 1 heterocycles. The summed E-state index contributed by atoms with van der Waals surface area (Å²) in [6.45, 7) is 0.685. The Morgan fingerprint density at radius 1 is 0.862 bits per heavy atom. The number of carbonyl (C=O) groups is 2. The van der Waals surface area contributed by atoms with E-state index >= 15 is 0 Å². The van der Waals surface area contributed by atoms with Crippen molar-refractivity contribution >= 4 is 40.6 Å². The minimum atomic E-state index is -0.333. The molecule has 0 bridgehead atoms. The van der Waals surface area contributed by atoms with Crippen molar-refractivity contribution in [1.82, 2.24) is 0 Å². The summed E-state index contributed by atoms with van der Waals surface area (Å²) in [5.74, 6) is -0.00672. The van der Waals surface area contributed by atoms with Crippen LogP contribution in [-0.2, 0) is 6.42 Å². The molecule has 2 N–H and O–H groups in total. The number of anilines is 3. The number of urea groups is 1. The summed E-state index contributed by atoms with van der Waals surface area (Å²) < 4.78 is 0. The third-order valence-corrected chi connectivity index (χ3v) is 5.08. The summed E-state index contributed by atoms with van der Waals surface area (Å²) in [4.78, 5) is 27.0. The molecule has 1 aliphatic heterocycles. The number of fused-ring (bicyclic) bond motifs is 1. The predicted molar refractivity (Wildman–Crippen MR) is 117 cm³/mol. The molecule has 6 heteroatoms. The predicted octanol–water partition coefficient (Wildman–Crippen LogP) is 5.58. The molecule has 1 aliphatic rings. The van der Waals surface area contributed by atoms with Gasteiger partial charge >= 0.3 is 6.03 Å². The van der Waals surface area contributed by atoms with Crippen LogP contribution in [0.3, 0.4) is 0 Å². The van der Waals surface area contributed by atoms with Crippen LogP contribution in [0.5, 0.6) is 0 Å². The maximum atomic E-state index is 12.9. The van der Waals surface area contributed by atoms with Crippen LogP contribution in [0, 0.1) is 0 Å². The lowest BCUT2D eigenvalue weighted by molar-refractivity contribution is 0.0985. The van der Waals surface area contributed by atoms with Crippen LogP contribution in [0.2, 0.25) is 5.02 Å². The van der Waals surface area contributed by atoms with E-state index in [0.29, 0.717) is 28.5 Å². The fraction of sp³-hybridized carbons (Fsp3) is 0.130. The van der Waals surface area contributed by atoms with Gasteiger partial charge in [-0.3, -0.25) is 4.79 Å². The number of hydrogen-bond donors (Lipinski definition) is 2. The van der Waals surface area contributed by atoms with E-state index < -0.39 is 0 Å². The van der Waals surface area contributed by atoms with Crippen molar-refractivity contribution in [2.24, 2.45) is 0 Å². The number of halogens is 1. The van der Waals surface area contributed by atoms with E-state index in [0.717, 1.165) is 24.1 Å². The highest BCUT2D eigenvalue weighted by Gasteiger charge is 2.23. The van der Waals surface area contributed by atoms with E-state index in [1.165, 1.54) is 0 Å². The van der Waals surface area contributed by atoms with Gasteiger partial charge in [-0.15, -0.1) is 0 Å². The zero-order valence-corrected chi connectivity index (χ0v) is 16.4. The van der Waals surface area contributed by atoms with Gasteiger partial charge in [0.2, 0.25) is 0 Å². The van der Waals surface area contributed by atoms with Gasteiger partial charge in [-0.1, -0.05) is 29.8 Å². The van der Waals surface area contributed by atoms with Gasteiger partial charge in [-0.25, -0.2) is 4.79 Å². The number of nitrogens with one attached hydrogen (secondary N) is 2. The summed E-state index contributed by atoms with van der Waals surface area (Å²) >= 11 is 5.86. The molecule has 3 aromatic rings. The van der Waals surface area contributed by atoms with E-state index in [4.69, 9.17) is 11.6 Å². The molecular weight excluding hydrogens is 386 g/mol. The minimum absolute atomic E-state index is 0.00672. The second kappa shape index (κ2) is 8.37. The van der Waals surface area contributed by atoms with Crippen molar-refractivity contribution in [3.05, 3.63) is 88.9 Å². The third kappa shape index (κ3) is 4.41. The van der Waals surface area contributed by atoms with E-state index in [1.807, 2.05) is 53.4 Å². The quantitative estimate of drug-likeness (QED) is 0.597. The normalized spacial score (nSPS) is 12.8. The molecule has 3 amide bonds. The molecular formula is C23H20ClN3O2. The zero-order valence-electron chi connectivity index (χ0n) is 15.7. The highest BCUT2D eigenvalue weighted by molar-refractivity contribution is 6.30. The molecule has 5 nitrogen and oxygen atoms in total. The van der Waals surface area contributed by atoms with Gasteiger partial charge in [0.05, 0.1) is 0 Å². The zero-order chi connectivity index (χ0) is 20.2. The average molecular weight is 406 g/mol. The first kappa shape index (κ1) is 19.0. The van der Waals surface area contributed by atoms with Gasteiger partial charge < -0.3 is 15.5 Å². The summed E-state index contributed by atoms with van der Waals surface area (Å²) in [5, 5.41) is 6.23. The van der Waals surface area contributed by atoms with Crippen molar-refractivity contribution in [2.75, 3.05) is 22.1 Å². The maximum Gasteiger partial charge on any atom is 0.323 e. The largest absolute Gasteiger partial charge is 0.323 e. The highest BCUT2D eigenvalue weighted by Crippen LogP contribution is 2.31. The van der Waals surface area contributed by atoms with Gasteiger partial charge in [0, 0.05) is 34.2 Å². The number of hydrogen-bond acceptors (Lipinski definition) is 2. The number of amides is 3. The molecule has 29 heavy (non-hydrogen) atoms. The second-order valence-corrected chi connectivity index (χ2v) is 7.29. The Hall–Kier alpha value is -3.31. The first-order valence-electron chi connectivity index (χ1n) is 9.43. The summed E-state index contributed by atoms with van der Waals surface area (Å²) in [7, 11) is 0. The van der Waals surface area contributed by atoms with Crippen LogP contribution in [0.25, 0.3) is 0 Å². The van der Waals surface area contributed by atoms with E-state index in [9.17, 15) is 9.59 Å². The van der Waals surface area contributed by atoms with Crippen LogP contribution < -0.4 is 15.5 Å². The molecule has 0 fully saturated rings. The molecule has 0 aromatic heterocycles. The van der Waals surface area contributed by atoms with Crippen molar-refractivity contribution in [1.29, 1.82) is 0 Å². The van der Waals surface area contributed by atoms with Crippen molar-refractivity contribution in [2.45, 2.75) is 12.8 Å². The molecule has 3 aromatic carbocycles. The maximum absolute atomic E-state index is 12.9. The fourth-order valence-corrected chi connectivity index (χ4v) is 3.58. The number of nitrogens with zero attached hydrogens (tertiary/aromatic N) is 1. The fourth-order valence-electron chi connectivity index (χ4n) is 3.45. The molecule has 0 saturated heterocycles. The topological polar surface area (TPSA) is 61.4 Å². The lowest BCUT2D eigenvalue weighted by Crippen LogP contribution is -2.35. The van der Waals surface area contributed by atoms with Crippen LogP contribution in [-0.4, -0.2) is 18.5 Å². The lowest BCUT2D eigenvalue weighted by atomic mass is 10.00.